The first kappa shape index (κ1) is 22.8. The summed E-state index contributed by atoms with van der Waals surface area (Å²) < 4.78 is 5.64. The Morgan fingerprint density at radius 1 is 1.03 bits per heavy atom. The van der Waals surface area contributed by atoms with Crippen molar-refractivity contribution in [2.24, 2.45) is 5.92 Å². The summed E-state index contributed by atoms with van der Waals surface area (Å²) in [6.07, 6.45) is 2.48. The summed E-state index contributed by atoms with van der Waals surface area (Å²) in [4.78, 5) is 36.7. The molecule has 0 spiro atoms. The van der Waals surface area contributed by atoms with Gasteiger partial charge in [0.15, 0.2) is 0 Å². The van der Waals surface area contributed by atoms with Crippen molar-refractivity contribution in [3.05, 3.63) is 59.7 Å². The molecule has 1 atom stereocenters. The normalized spacial score (nSPS) is 17.0. The van der Waals surface area contributed by atoms with Crippen LogP contribution in [0, 0.1) is 5.92 Å². The van der Waals surface area contributed by atoms with Crippen LogP contribution in [0.25, 0.3) is 11.1 Å². The molecule has 4 rings (SSSR count). The van der Waals surface area contributed by atoms with Gasteiger partial charge in [-0.15, -0.1) is 0 Å². The number of hydrogen-bond acceptors (Lipinski definition) is 4. The van der Waals surface area contributed by atoms with Crippen LogP contribution in [-0.2, 0) is 14.3 Å². The highest BCUT2D eigenvalue weighted by Crippen LogP contribution is 2.44. The van der Waals surface area contributed by atoms with Gasteiger partial charge in [-0.25, -0.2) is 4.79 Å². The lowest BCUT2D eigenvalue weighted by atomic mass is 9.96. The van der Waals surface area contributed by atoms with E-state index in [-0.39, 0.29) is 25.0 Å². The van der Waals surface area contributed by atoms with Crippen LogP contribution in [0.2, 0.25) is 0 Å². The van der Waals surface area contributed by atoms with Crippen molar-refractivity contribution in [3.63, 3.8) is 0 Å². The Hall–Kier alpha value is -3.35. The number of ether oxygens (including phenoxy) is 1. The van der Waals surface area contributed by atoms with E-state index in [0.29, 0.717) is 19.3 Å². The predicted octanol–water partition coefficient (Wildman–Crippen LogP) is 4.06. The lowest BCUT2D eigenvalue weighted by Gasteiger charge is -2.29. The molecule has 0 bridgehead atoms. The second kappa shape index (κ2) is 9.65. The molecule has 0 aliphatic heterocycles. The Balaban J connectivity index is 1.38. The number of carboxylic acids is 1. The molecule has 2 amide bonds. The highest BCUT2D eigenvalue weighted by molar-refractivity contribution is 5.90. The van der Waals surface area contributed by atoms with Crippen LogP contribution in [0.5, 0.6) is 0 Å². The zero-order valence-corrected chi connectivity index (χ0v) is 18.8. The molecule has 2 aliphatic rings. The fraction of sp³-hybridized carbons (Fsp3) is 0.423. The molecule has 0 heterocycles. The third kappa shape index (κ3) is 4.72. The molecule has 2 aliphatic carbocycles. The molecule has 7 nitrogen and oxygen atoms in total. The SMILES string of the molecule is CC(CCNC(=O)C1(NC(=O)OCC2c3ccccc3-c3ccccc32)CCCC1)C(=O)O. The fourth-order valence-electron chi connectivity index (χ4n) is 4.91. The summed E-state index contributed by atoms with van der Waals surface area (Å²) >= 11 is 0. The van der Waals surface area contributed by atoms with Gasteiger partial charge in [0.1, 0.15) is 12.1 Å². The first-order valence-electron chi connectivity index (χ1n) is 11.6. The van der Waals surface area contributed by atoms with Crippen LogP contribution in [0.4, 0.5) is 4.79 Å². The number of benzene rings is 2. The molecule has 174 valence electrons. The number of hydrogen-bond donors (Lipinski definition) is 3. The van der Waals surface area contributed by atoms with Crippen LogP contribution in [0.3, 0.4) is 0 Å². The van der Waals surface area contributed by atoms with Gasteiger partial charge in [0.2, 0.25) is 5.91 Å². The first-order valence-corrected chi connectivity index (χ1v) is 11.6. The molecule has 1 unspecified atom stereocenters. The van der Waals surface area contributed by atoms with Gasteiger partial charge in [0, 0.05) is 12.5 Å². The van der Waals surface area contributed by atoms with Crippen LogP contribution in [0.1, 0.15) is 56.1 Å². The number of carbonyl (C=O) groups is 3. The number of alkyl carbamates (subject to hydrolysis) is 1. The fourth-order valence-corrected chi connectivity index (χ4v) is 4.91. The number of rotatable bonds is 8. The summed E-state index contributed by atoms with van der Waals surface area (Å²) in [6.45, 7) is 2.04. The minimum atomic E-state index is -1.00. The molecule has 2 aromatic carbocycles. The van der Waals surface area contributed by atoms with E-state index in [2.05, 4.69) is 34.9 Å². The molecule has 0 saturated heterocycles. The Morgan fingerprint density at radius 2 is 1.61 bits per heavy atom. The maximum atomic E-state index is 12.9. The lowest BCUT2D eigenvalue weighted by Crippen LogP contribution is -2.57. The molecule has 2 aromatic rings. The average molecular weight is 451 g/mol. The minimum Gasteiger partial charge on any atom is -0.481 e. The summed E-state index contributed by atoms with van der Waals surface area (Å²) in [7, 11) is 0. The molecule has 0 radical (unpaired) electrons. The van der Waals surface area contributed by atoms with Crippen molar-refractivity contribution in [2.75, 3.05) is 13.2 Å². The van der Waals surface area contributed by atoms with Gasteiger partial charge in [-0.2, -0.15) is 0 Å². The van der Waals surface area contributed by atoms with E-state index in [4.69, 9.17) is 9.84 Å². The van der Waals surface area contributed by atoms with Crippen molar-refractivity contribution in [3.8, 4) is 11.1 Å². The van der Waals surface area contributed by atoms with E-state index in [1.165, 1.54) is 0 Å². The Kier molecular flexibility index (Phi) is 6.67. The number of aliphatic carboxylic acids is 1. The van der Waals surface area contributed by atoms with Crippen LogP contribution >= 0.6 is 0 Å². The number of amides is 2. The topological polar surface area (TPSA) is 105 Å². The lowest BCUT2D eigenvalue weighted by molar-refractivity contribution is -0.141. The molecule has 3 N–H and O–H groups in total. The third-order valence-electron chi connectivity index (χ3n) is 6.86. The number of carbonyl (C=O) groups excluding carboxylic acids is 2. The molecule has 1 fully saturated rings. The second-order valence-electron chi connectivity index (χ2n) is 9.02. The van der Waals surface area contributed by atoms with Crippen molar-refractivity contribution < 1.29 is 24.2 Å². The van der Waals surface area contributed by atoms with E-state index >= 15 is 0 Å². The molecule has 1 saturated carbocycles. The monoisotopic (exact) mass is 450 g/mol. The Labute approximate surface area is 193 Å². The van der Waals surface area contributed by atoms with E-state index in [1.807, 2.05) is 24.3 Å². The largest absolute Gasteiger partial charge is 0.481 e. The number of fused-ring (bicyclic) bond motifs is 3. The van der Waals surface area contributed by atoms with Gasteiger partial charge < -0.3 is 20.5 Å². The standard InChI is InChI=1S/C26H30N2O5/c1-17(23(29)30)12-15-27-24(31)26(13-6-7-14-26)28-25(32)33-16-22-20-10-4-2-8-18(20)19-9-3-5-11-21(19)22/h2-5,8-11,17,22H,6-7,12-16H2,1H3,(H,27,31)(H,28,32)(H,29,30). The molecule has 7 heteroatoms. The van der Waals surface area contributed by atoms with Crippen LogP contribution in [0.15, 0.2) is 48.5 Å². The van der Waals surface area contributed by atoms with E-state index in [0.717, 1.165) is 35.1 Å². The average Bonchev–Trinajstić information content (AvgIpc) is 3.41. The van der Waals surface area contributed by atoms with Crippen molar-refractivity contribution >= 4 is 18.0 Å². The maximum Gasteiger partial charge on any atom is 0.408 e. The van der Waals surface area contributed by atoms with Gasteiger partial charge in [-0.1, -0.05) is 68.3 Å². The summed E-state index contributed by atoms with van der Waals surface area (Å²) in [5.74, 6) is -1.75. The van der Waals surface area contributed by atoms with Crippen molar-refractivity contribution in [2.45, 2.75) is 50.5 Å². The first-order chi connectivity index (χ1) is 15.9. The zero-order chi connectivity index (χ0) is 23.4. The quantitative estimate of drug-likeness (QED) is 0.562. The van der Waals surface area contributed by atoms with Crippen LogP contribution < -0.4 is 10.6 Å². The van der Waals surface area contributed by atoms with Crippen LogP contribution in [-0.4, -0.2) is 41.8 Å². The van der Waals surface area contributed by atoms with Gasteiger partial charge in [-0.05, 0) is 41.5 Å². The minimum absolute atomic E-state index is 0.0472. The second-order valence-corrected chi connectivity index (χ2v) is 9.02. The van der Waals surface area contributed by atoms with E-state index in [1.54, 1.807) is 6.92 Å². The van der Waals surface area contributed by atoms with Gasteiger partial charge >= 0.3 is 12.1 Å². The molecule has 0 aromatic heterocycles. The summed E-state index contributed by atoms with van der Waals surface area (Å²) in [5.41, 5.74) is 3.57. The molecule has 33 heavy (non-hydrogen) atoms. The smallest absolute Gasteiger partial charge is 0.408 e. The summed E-state index contributed by atoms with van der Waals surface area (Å²) in [6, 6.07) is 16.3. The highest BCUT2D eigenvalue weighted by atomic mass is 16.5. The molecular formula is C26H30N2O5. The van der Waals surface area contributed by atoms with Gasteiger partial charge in [0.25, 0.3) is 0 Å². The van der Waals surface area contributed by atoms with E-state index < -0.39 is 23.5 Å². The van der Waals surface area contributed by atoms with Crippen molar-refractivity contribution in [1.29, 1.82) is 0 Å². The number of nitrogens with one attached hydrogen (secondary N) is 2. The Morgan fingerprint density at radius 3 is 2.18 bits per heavy atom. The third-order valence-corrected chi connectivity index (χ3v) is 6.86. The molecular weight excluding hydrogens is 420 g/mol. The zero-order valence-electron chi connectivity index (χ0n) is 18.8. The highest BCUT2D eigenvalue weighted by Gasteiger charge is 2.43. The van der Waals surface area contributed by atoms with E-state index in [9.17, 15) is 14.4 Å². The predicted molar refractivity (Wildman–Crippen MR) is 124 cm³/mol. The number of carboxylic acid groups (broad SMARTS) is 1. The summed E-state index contributed by atoms with van der Waals surface area (Å²) in [5, 5.41) is 14.7. The van der Waals surface area contributed by atoms with Crippen molar-refractivity contribution in [1.82, 2.24) is 10.6 Å². The van der Waals surface area contributed by atoms with Gasteiger partial charge in [0.05, 0.1) is 5.92 Å². The van der Waals surface area contributed by atoms with Gasteiger partial charge in [-0.3, -0.25) is 9.59 Å². The Bertz CT molecular complexity index is 999. The maximum absolute atomic E-state index is 12.9.